The Morgan fingerprint density at radius 2 is 2.14 bits per heavy atom. The summed E-state index contributed by atoms with van der Waals surface area (Å²) in [6, 6.07) is 7.89. The Hall–Kier alpha value is -2.70. The van der Waals surface area contributed by atoms with E-state index >= 15 is 0 Å². The van der Waals surface area contributed by atoms with Crippen molar-refractivity contribution in [2.45, 2.75) is 30.8 Å². The van der Waals surface area contributed by atoms with Gasteiger partial charge >= 0.3 is 0 Å². The van der Waals surface area contributed by atoms with E-state index in [9.17, 15) is 14.0 Å². The van der Waals surface area contributed by atoms with Crippen molar-refractivity contribution in [3.63, 3.8) is 0 Å². The van der Waals surface area contributed by atoms with Crippen LogP contribution in [-0.4, -0.2) is 27.8 Å². The number of carbonyl (C=O) groups is 1. The van der Waals surface area contributed by atoms with Crippen molar-refractivity contribution in [3.8, 4) is 11.8 Å². The van der Waals surface area contributed by atoms with Crippen molar-refractivity contribution in [2.24, 2.45) is 0 Å². The van der Waals surface area contributed by atoms with Gasteiger partial charge in [-0.3, -0.25) is 14.2 Å². The number of para-hydroxylation sites is 1. The molecule has 6 nitrogen and oxygen atoms in total. The number of nitrogens with one attached hydrogen (secondary N) is 1. The number of rotatable bonds is 5. The van der Waals surface area contributed by atoms with Crippen LogP contribution in [-0.2, 0) is 17.6 Å². The molecule has 2 aromatic heterocycles. The first-order valence-corrected chi connectivity index (χ1v) is 11.0. The second-order valence-corrected chi connectivity index (χ2v) is 8.63. The van der Waals surface area contributed by atoms with Gasteiger partial charge in [-0.25, -0.2) is 9.37 Å². The van der Waals surface area contributed by atoms with Gasteiger partial charge in [-0.05, 0) is 43.4 Å². The fraction of sp³-hybridized carbons (Fsp3) is 0.300. The van der Waals surface area contributed by atoms with Crippen LogP contribution in [0.2, 0.25) is 0 Å². The van der Waals surface area contributed by atoms with Crippen LogP contribution in [0.3, 0.4) is 0 Å². The molecule has 0 radical (unpaired) electrons. The summed E-state index contributed by atoms with van der Waals surface area (Å²) in [6.45, 7) is -0.0936. The van der Waals surface area contributed by atoms with Crippen LogP contribution in [0.4, 0.5) is 4.39 Å². The third-order valence-electron chi connectivity index (χ3n) is 4.75. The number of hydrogen-bond donors (Lipinski definition) is 1. The minimum Gasteiger partial charge on any atom is -0.342 e. The molecule has 4 rings (SSSR count). The van der Waals surface area contributed by atoms with Gasteiger partial charge in [-0.2, -0.15) is 5.26 Å². The Morgan fingerprint density at radius 3 is 2.93 bits per heavy atom. The lowest BCUT2D eigenvalue weighted by Gasteiger charge is -2.14. The largest absolute Gasteiger partial charge is 0.342 e. The van der Waals surface area contributed by atoms with Crippen molar-refractivity contribution in [1.29, 1.82) is 5.26 Å². The summed E-state index contributed by atoms with van der Waals surface area (Å²) in [6.07, 6.45) is 3.86. The fourth-order valence-electron chi connectivity index (χ4n) is 3.45. The van der Waals surface area contributed by atoms with E-state index in [1.807, 2.05) is 6.07 Å². The van der Waals surface area contributed by atoms with E-state index in [4.69, 9.17) is 5.26 Å². The van der Waals surface area contributed by atoms with Gasteiger partial charge in [0, 0.05) is 4.88 Å². The number of aryl methyl sites for hydroxylation is 2. The summed E-state index contributed by atoms with van der Waals surface area (Å²) in [5.41, 5.74) is 0.837. The van der Waals surface area contributed by atoms with E-state index in [2.05, 4.69) is 10.3 Å². The molecule has 0 atom stereocenters. The number of benzene rings is 1. The molecule has 1 aromatic carbocycles. The van der Waals surface area contributed by atoms with Crippen LogP contribution in [0, 0.1) is 17.1 Å². The zero-order valence-corrected chi connectivity index (χ0v) is 17.0. The fourth-order valence-corrected chi connectivity index (χ4v) is 5.59. The summed E-state index contributed by atoms with van der Waals surface area (Å²) in [5.74, 6) is -0.911. The Kier molecular flexibility index (Phi) is 5.65. The number of carbonyl (C=O) groups excluding carboxylic acids is 1. The highest BCUT2D eigenvalue weighted by Crippen LogP contribution is 2.35. The first kappa shape index (κ1) is 19.6. The first-order chi connectivity index (χ1) is 14.1. The maximum absolute atomic E-state index is 14.6. The smallest absolute Gasteiger partial charge is 0.267 e. The molecule has 29 heavy (non-hydrogen) atoms. The Balaban J connectivity index is 1.86. The second-order valence-electron chi connectivity index (χ2n) is 6.60. The van der Waals surface area contributed by atoms with E-state index in [1.54, 1.807) is 12.1 Å². The Labute approximate surface area is 174 Å². The molecule has 1 N–H and O–H groups in total. The van der Waals surface area contributed by atoms with Gasteiger partial charge in [0.05, 0.1) is 22.9 Å². The molecular formula is C20H17FN4O2S2. The SMILES string of the molecule is N#CCNC(=O)CSc1nc2sc3c(c2c(=O)n1-c1ccccc1F)CCCC3. The van der Waals surface area contributed by atoms with Gasteiger partial charge in [-0.1, -0.05) is 23.9 Å². The van der Waals surface area contributed by atoms with Gasteiger partial charge in [-0.15, -0.1) is 11.3 Å². The highest BCUT2D eigenvalue weighted by atomic mass is 32.2. The predicted octanol–water partition coefficient (Wildman–Crippen LogP) is 3.20. The molecule has 1 aliphatic rings. The Bertz CT molecular complexity index is 1200. The maximum atomic E-state index is 14.6. The van der Waals surface area contributed by atoms with Crippen LogP contribution in [0.15, 0.2) is 34.2 Å². The molecule has 3 aromatic rings. The molecule has 1 aliphatic carbocycles. The van der Waals surface area contributed by atoms with Crippen molar-refractivity contribution in [3.05, 3.63) is 50.9 Å². The quantitative estimate of drug-likeness (QED) is 0.383. The summed E-state index contributed by atoms with van der Waals surface area (Å²) in [5, 5.41) is 11.9. The van der Waals surface area contributed by atoms with Gasteiger partial charge in [0.25, 0.3) is 5.56 Å². The van der Waals surface area contributed by atoms with E-state index in [-0.39, 0.29) is 34.6 Å². The zero-order valence-electron chi connectivity index (χ0n) is 15.4. The van der Waals surface area contributed by atoms with Crippen LogP contribution in [0.1, 0.15) is 23.3 Å². The van der Waals surface area contributed by atoms with Crippen LogP contribution in [0.5, 0.6) is 0 Å². The van der Waals surface area contributed by atoms with Crippen LogP contribution < -0.4 is 10.9 Å². The van der Waals surface area contributed by atoms with Gasteiger partial charge in [0.1, 0.15) is 17.2 Å². The minimum absolute atomic E-state index is 0.0286. The monoisotopic (exact) mass is 428 g/mol. The van der Waals surface area contributed by atoms with Gasteiger partial charge in [0.15, 0.2) is 5.16 Å². The molecule has 0 spiro atoms. The summed E-state index contributed by atoms with van der Waals surface area (Å²) < 4.78 is 15.8. The highest BCUT2D eigenvalue weighted by molar-refractivity contribution is 7.99. The predicted molar refractivity (Wildman–Crippen MR) is 111 cm³/mol. The van der Waals surface area contributed by atoms with E-state index in [0.29, 0.717) is 10.2 Å². The number of nitriles is 1. The number of aromatic nitrogens is 2. The van der Waals surface area contributed by atoms with Crippen molar-refractivity contribution < 1.29 is 9.18 Å². The van der Waals surface area contributed by atoms with Crippen molar-refractivity contribution in [2.75, 3.05) is 12.3 Å². The van der Waals surface area contributed by atoms with Gasteiger partial charge in [0.2, 0.25) is 5.91 Å². The van der Waals surface area contributed by atoms with Crippen molar-refractivity contribution >= 4 is 39.2 Å². The standard InChI is InChI=1S/C20H17FN4O2S2/c21-13-6-2-3-7-14(13)25-19(27)17-12-5-1-4-8-15(12)29-18(17)24-20(25)28-11-16(26)23-10-9-22/h2-3,6-7H,1,4-5,8,10-11H2,(H,23,26). The molecule has 0 bridgehead atoms. The lowest BCUT2D eigenvalue weighted by molar-refractivity contribution is -0.118. The van der Waals surface area contributed by atoms with Crippen LogP contribution in [0.25, 0.3) is 15.9 Å². The molecule has 0 saturated carbocycles. The summed E-state index contributed by atoms with van der Waals surface area (Å²) in [7, 11) is 0. The molecule has 0 saturated heterocycles. The molecule has 2 heterocycles. The lowest BCUT2D eigenvalue weighted by atomic mass is 9.97. The number of hydrogen-bond acceptors (Lipinski definition) is 6. The Morgan fingerprint density at radius 1 is 1.34 bits per heavy atom. The molecule has 1 amide bonds. The van der Waals surface area contributed by atoms with Crippen LogP contribution >= 0.6 is 23.1 Å². The molecular weight excluding hydrogens is 411 g/mol. The number of thiophene rings is 1. The summed E-state index contributed by atoms with van der Waals surface area (Å²) in [4.78, 5) is 31.8. The maximum Gasteiger partial charge on any atom is 0.267 e. The van der Waals surface area contributed by atoms with E-state index in [1.165, 1.54) is 32.9 Å². The summed E-state index contributed by atoms with van der Waals surface area (Å²) >= 11 is 2.56. The average Bonchev–Trinajstić information content (AvgIpc) is 3.10. The normalized spacial score (nSPS) is 13.1. The molecule has 148 valence electrons. The average molecular weight is 429 g/mol. The lowest BCUT2D eigenvalue weighted by Crippen LogP contribution is -2.27. The molecule has 0 unspecified atom stereocenters. The number of amides is 1. The number of fused-ring (bicyclic) bond motifs is 3. The number of nitrogens with zero attached hydrogens (tertiary/aromatic N) is 3. The molecule has 0 fully saturated rings. The van der Waals surface area contributed by atoms with E-state index < -0.39 is 5.82 Å². The topological polar surface area (TPSA) is 87.8 Å². The third-order valence-corrected chi connectivity index (χ3v) is 6.87. The minimum atomic E-state index is -0.532. The van der Waals surface area contributed by atoms with Gasteiger partial charge < -0.3 is 5.32 Å². The first-order valence-electron chi connectivity index (χ1n) is 9.19. The number of halogens is 1. The molecule has 0 aliphatic heterocycles. The third kappa shape index (κ3) is 3.78. The van der Waals surface area contributed by atoms with Crippen molar-refractivity contribution in [1.82, 2.24) is 14.9 Å². The van der Waals surface area contributed by atoms with E-state index in [0.717, 1.165) is 43.0 Å². The molecule has 9 heteroatoms. The number of thioether (sulfide) groups is 1. The zero-order chi connectivity index (χ0) is 20.4. The second kappa shape index (κ2) is 8.35. The highest BCUT2D eigenvalue weighted by Gasteiger charge is 2.24.